The molecule has 0 spiro atoms. The molecule has 2 bridgehead atoms. The van der Waals surface area contributed by atoms with Crippen molar-refractivity contribution in [1.82, 2.24) is 0 Å². The summed E-state index contributed by atoms with van der Waals surface area (Å²) in [5.74, 6) is -2.80. The van der Waals surface area contributed by atoms with Crippen molar-refractivity contribution in [2.75, 3.05) is 7.11 Å². The summed E-state index contributed by atoms with van der Waals surface area (Å²) in [6.07, 6.45) is 7.66. The number of esters is 1. The fraction of sp³-hybridized carbons (Fsp3) is 0.805. The van der Waals surface area contributed by atoms with E-state index in [2.05, 4.69) is 26.8 Å². The van der Waals surface area contributed by atoms with Crippen LogP contribution in [0.5, 0.6) is 0 Å². The normalized spacial score (nSPS) is 42.8. The van der Waals surface area contributed by atoms with Crippen molar-refractivity contribution in [2.45, 2.75) is 162 Å². The molecule has 3 heterocycles. The van der Waals surface area contributed by atoms with Gasteiger partial charge in [-0.1, -0.05) is 57.8 Å². The van der Waals surface area contributed by atoms with Gasteiger partial charge in [-0.25, -0.2) is 0 Å². The fourth-order valence-corrected chi connectivity index (χ4v) is 9.91. The van der Waals surface area contributed by atoms with Gasteiger partial charge < -0.3 is 19.3 Å². The second-order valence-electron chi connectivity index (χ2n) is 17.5. The molecule has 2 aliphatic carbocycles. The number of hydrogen-bond donors (Lipinski definition) is 1. The van der Waals surface area contributed by atoms with Gasteiger partial charge in [0.15, 0.2) is 0 Å². The van der Waals surface area contributed by atoms with Crippen LogP contribution in [0.15, 0.2) is 22.8 Å². The van der Waals surface area contributed by atoms with E-state index in [0.717, 1.165) is 55.2 Å². The first-order chi connectivity index (χ1) is 22.9. The molecule has 0 aromatic carbocycles. The van der Waals surface area contributed by atoms with E-state index in [0.29, 0.717) is 12.8 Å². The maximum atomic E-state index is 15.0. The van der Waals surface area contributed by atoms with E-state index >= 15 is 0 Å². The van der Waals surface area contributed by atoms with Gasteiger partial charge in [0.1, 0.15) is 17.3 Å². The first-order valence-corrected chi connectivity index (χ1v) is 19.0. The van der Waals surface area contributed by atoms with Crippen molar-refractivity contribution in [3.05, 3.63) is 22.8 Å². The van der Waals surface area contributed by atoms with Gasteiger partial charge in [0.2, 0.25) is 0 Å². The van der Waals surface area contributed by atoms with Crippen LogP contribution in [0.4, 0.5) is 0 Å². The predicted octanol–water partition coefficient (Wildman–Crippen LogP) is 7.29. The molecule has 0 radical (unpaired) electrons. The van der Waals surface area contributed by atoms with Crippen LogP contribution < -0.4 is 0 Å². The standard InChI is InChI=1S/C41H62O8/c1-23(2)28-19-30(42)26(5)12-10-11-24(3)18-31(43)37-29-17-25(4)13-14-35-40(8,49-35)16-15-34-39(7,46)22-33(48-34)36(29)27(6)20-41(37,21-32(28)44)38(45)47-9/h17,23-24,26,28-29,33-35,37,46H,10-16,18-22H2,1-9H3/t24-,26+,28-,29-,33-,34+,35-,37+,39-,40-,41+/m0/s1. The minimum atomic E-state index is -1.43. The van der Waals surface area contributed by atoms with E-state index in [1.54, 1.807) is 0 Å². The second-order valence-corrected chi connectivity index (χ2v) is 17.5. The fourth-order valence-electron chi connectivity index (χ4n) is 9.91. The van der Waals surface area contributed by atoms with Crippen LogP contribution in [0.3, 0.4) is 0 Å². The Morgan fingerprint density at radius 1 is 0.959 bits per heavy atom. The summed E-state index contributed by atoms with van der Waals surface area (Å²) < 4.78 is 18.5. The van der Waals surface area contributed by atoms with Crippen molar-refractivity contribution >= 4 is 23.3 Å². The summed E-state index contributed by atoms with van der Waals surface area (Å²) >= 11 is 0. The Kier molecular flexibility index (Phi) is 11.2. The number of aliphatic hydroxyl groups is 1. The molecule has 3 aliphatic heterocycles. The van der Waals surface area contributed by atoms with Crippen molar-refractivity contribution < 1.29 is 38.5 Å². The van der Waals surface area contributed by atoms with E-state index in [4.69, 9.17) is 14.2 Å². The Hall–Kier alpha value is -2.16. The topological polar surface area (TPSA) is 120 Å². The molecule has 1 N–H and O–H groups in total. The quantitative estimate of drug-likeness (QED) is 0.183. The number of epoxide rings is 1. The predicted molar refractivity (Wildman–Crippen MR) is 188 cm³/mol. The number of Topliss-reactive ketones (excluding diaryl/α,β-unsaturated/α-hetero) is 3. The number of rotatable bonds is 2. The van der Waals surface area contributed by atoms with Crippen LogP contribution in [0, 0.1) is 40.9 Å². The van der Waals surface area contributed by atoms with Gasteiger partial charge in [0, 0.05) is 49.4 Å². The molecular formula is C41H62O8. The molecule has 0 amide bonds. The maximum Gasteiger partial charge on any atom is 0.313 e. The lowest BCUT2D eigenvalue weighted by molar-refractivity contribution is -0.165. The van der Waals surface area contributed by atoms with Crippen molar-refractivity contribution in [1.29, 1.82) is 0 Å². The molecule has 8 heteroatoms. The third kappa shape index (κ3) is 7.72. The minimum Gasteiger partial charge on any atom is -0.469 e. The van der Waals surface area contributed by atoms with E-state index < -0.39 is 46.9 Å². The lowest BCUT2D eigenvalue weighted by Crippen LogP contribution is -2.53. The van der Waals surface area contributed by atoms with Gasteiger partial charge in [-0.15, -0.1) is 0 Å². The van der Waals surface area contributed by atoms with Gasteiger partial charge in [0.05, 0.1) is 42.0 Å². The summed E-state index contributed by atoms with van der Waals surface area (Å²) in [5.41, 5.74) is 0.215. The van der Waals surface area contributed by atoms with Gasteiger partial charge in [0.25, 0.3) is 0 Å². The van der Waals surface area contributed by atoms with Crippen LogP contribution >= 0.6 is 0 Å². The van der Waals surface area contributed by atoms with Crippen LogP contribution in [-0.2, 0) is 33.4 Å². The first-order valence-electron chi connectivity index (χ1n) is 19.0. The highest BCUT2D eigenvalue weighted by Crippen LogP contribution is 2.56. The smallest absolute Gasteiger partial charge is 0.313 e. The minimum absolute atomic E-state index is 0.0317. The summed E-state index contributed by atoms with van der Waals surface area (Å²) in [6.45, 7) is 16.0. The van der Waals surface area contributed by atoms with Crippen LogP contribution in [0.1, 0.15) is 132 Å². The van der Waals surface area contributed by atoms with Crippen LogP contribution in [0.2, 0.25) is 0 Å². The number of methoxy groups -OCH3 is 1. The Labute approximate surface area is 294 Å². The monoisotopic (exact) mass is 682 g/mol. The zero-order valence-electron chi connectivity index (χ0n) is 31.6. The van der Waals surface area contributed by atoms with Crippen molar-refractivity contribution in [2.24, 2.45) is 40.9 Å². The third-order valence-corrected chi connectivity index (χ3v) is 13.1. The summed E-state index contributed by atoms with van der Waals surface area (Å²) in [4.78, 5) is 57.3. The first kappa shape index (κ1) is 38.1. The largest absolute Gasteiger partial charge is 0.469 e. The highest BCUT2D eigenvalue weighted by molar-refractivity contribution is 5.96. The lowest BCUT2D eigenvalue weighted by Gasteiger charge is -2.47. The molecule has 0 aromatic heterocycles. The van der Waals surface area contributed by atoms with E-state index in [-0.39, 0.29) is 72.5 Å². The maximum absolute atomic E-state index is 15.0. The van der Waals surface area contributed by atoms with E-state index in [1.165, 1.54) is 7.11 Å². The van der Waals surface area contributed by atoms with Crippen LogP contribution in [0.25, 0.3) is 0 Å². The molecular weight excluding hydrogens is 620 g/mol. The SMILES string of the molecule is COC(=O)[C@]12CC(=O)[C@H](C(C)C)CC(=O)[C@H](C)CCC[C@H](C)CC(=O)[C@H]1[C@H]1C=C(C)CC[C@@H]3O[C@@]3(C)CC[C@H]3O[C@@H](C[C@]3(C)O)C1=C(C)C2. The molecule has 0 aromatic rings. The number of ketones is 3. The second kappa shape index (κ2) is 14.5. The average molecular weight is 683 g/mol. The lowest BCUT2D eigenvalue weighted by atomic mass is 9.54. The average Bonchev–Trinajstić information content (AvgIpc) is 3.56. The zero-order valence-corrected chi connectivity index (χ0v) is 31.6. The summed E-state index contributed by atoms with van der Waals surface area (Å²) in [5, 5.41) is 11.7. The Morgan fingerprint density at radius 2 is 1.67 bits per heavy atom. The summed E-state index contributed by atoms with van der Waals surface area (Å²) in [7, 11) is 1.34. The molecule has 274 valence electrons. The molecule has 0 unspecified atom stereocenters. The number of carbonyl (C=O) groups excluding carboxylic acids is 4. The number of ether oxygens (including phenoxy) is 3. The molecule has 5 aliphatic rings. The van der Waals surface area contributed by atoms with E-state index in [9.17, 15) is 24.3 Å². The molecule has 5 rings (SSSR count). The van der Waals surface area contributed by atoms with Gasteiger partial charge in [-0.2, -0.15) is 0 Å². The molecule has 1 saturated carbocycles. The molecule has 3 fully saturated rings. The highest BCUT2D eigenvalue weighted by Gasteiger charge is 2.60. The third-order valence-electron chi connectivity index (χ3n) is 13.1. The zero-order chi connectivity index (χ0) is 36.1. The highest BCUT2D eigenvalue weighted by atomic mass is 16.6. The Morgan fingerprint density at radius 3 is 2.35 bits per heavy atom. The number of allylic oxidation sites excluding steroid dienone is 3. The van der Waals surface area contributed by atoms with Gasteiger partial charge >= 0.3 is 5.97 Å². The number of fused-ring (bicyclic) bond motifs is 7. The number of hydrogen-bond acceptors (Lipinski definition) is 8. The van der Waals surface area contributed by atoms with E-state index in [1.807, 2.05) is 34.6 Å². The molecule has 2 saturated heterocycles. The molecule has 8 nitrogen and oxygen atoms in total. The van der Waals surface area contributed by atoms with Crippen molar-refractivity contribution in [3.63, 3.8) is 0 Å². The van der Waals surface area contributed by atoms with Gasteiger partial charge in [-0.05, 0) is 83.6 Å². The molecule has 11 atom stereocenters. The van der Waals surface area contributed by atoms with Crippen molar-refractivity contribution in [3.8, 4) is 0 Å². The summed E-state index contributed by atoms with van der Waals surface area (Å²) in [6, 6.07) is 0. The molecule has 49 heavy (non-hydrogen) atoms. The Bertz CT molecular complexity index is 1370. The van der Waals surface area contributed by atoms with Gasteiger partial charge in [-0.3, -0.25) is 19.2 Å². The Balaban J connectivity index is 1.69. The van der Waals surface area contributed by atoms with Crippen LogP contribution in [-0.4, -0.2) is 65.0 Å². The number of carbonyl (C=O) groups is 4.